The van der Waals surface area contributed by atoms with Crippen molar-refractivity contribution in [1.82, 2.24) is 9.55 Å². The number of hydrogen-bond donors (Lipinski definition) is 1. The molecule has 0 fully saturated rings. The fourth-order valence-corrected chi connectivity index (χ4v) is 2.45. The maximum Gasteiger partial charge on any atom is 0.127 e. The largest absolute Gasteiger partial charge is 0.323 e. The average Bonchev–Trinajstić information content (AvgIpc) is 2.65. The molecule has 0 aliphatic carbocycles. The van der Waals surface area contributed by atoms with Crippen LogP contribution in [0.15, 0.2) is 30.4 Å². The normalized spacial score (nSPS) is 13.1. The Morgan fingerprint density at radius 3 is 2.75 bits per heavy atom. The molecule has 0 spiro atoms. The molecule has 20 heavy (non-hydrogen) atoms. The van der Waals surface area contributed by atoms with Crippen LogP contribution < -0.4 is 5.73 Å². The molecule has 0 aliphatic rings. The summed E-state index contributed by atoms with van der Waals surface area (Å²) in [5, 5.41) is 0. The second kappa shape index (κ2) is 5.75. The minimum Gasteiger partial charge on any atom is -0.323 e. The van der Waals surface area contributed by atoms with Crippen LogP contribution in [-0.4, -0.2) is 9.55 Å². The number of fused-ring (bicyclic) bond motifs is 1. The molecule has 1 aromatic carbocycles. The first-order valence-electron chi connectivity index (χ1n) is 6.94. The number of hydrogen-bond acceptors (Lipinski definition) is 2. The van der Waals surface area contributed by atoms with Gasteiger partial charge in [-0.25, -0.2) is 9.37 Å². The van der Waals surface area contributed by atoms with Gasteiger partial charge in [0.15, 0.2) is 0 Å². The molecule has 3 nitrogen and oxygen atoms in total. The lowest BCUT2D eigenvalue weighted by molar-refractivity contribution is 0.481. The van der Waals surface area contributed by atoms with Crippen LogP contribution in [0.5, 0.6) is 0 Å². The molecule has 1 aromatic heterocycles. The van der Waals surface area contributed by atoms with Crippen LogP contribution in [0.25, 0.3) is 11.0 Å². The molecule has 1 unspecified atom stereocenters. The standard InChI is InChI=1S/C16H22FN3/c1-10(2)7-13(18)16-19-14-8-12(17)5-6-15(14)20(16)9-11(3)4/h5-6,8,10,13H,3,7,9,18H2,1-2,4H3. The Kier molecular flexibility index (Phi) is 4.23. The minimum absolute atomic E-state index is 0.148. The van der Waals surface area contributed by atoms with E-state index in [1.807, 2.05) is 11.5 Å². The van der Waals surface area contributed by atoms with Crippen LogP contribution in [-0.2, 0) is 6.54 Å². The number of benzene rings is 1. The van der Waals surface area contributed by atoms with Crippen molar-refractivity contribution in [2.75, 3.05) is 0 Å². The highest BCUT2D eigenvalue weighted by atomic mass is 19.1. The fourth-order valence-electron chi connectivity index (χ4n) is 2.45. The summed E-state index contributed by atoms with van der Waals surface area (Å²) in [5.41, 5.74) is 8.85. The number of aromatic nitrogens is 2. The van der Waals surface area contributed by atoms with Crippen molar-refractivity contribution in [3.8, 4) is 0 Å². The minimum atomic E-state index is -0.276. The predicted molar refractivity (Wildman–Crippen MR) is 80.9 cm³/mol. The maximum atomic E-state index is 13.4. The van der Waals surface area contributed by atoms with Crippen molar-refractivity contribution >= 4 is 11.0 Å². The third-order valence-corrected chi connectivity index (χ3v) is 3.22. The lowest BCUT2D eigenvalue weighted by Gasteiger charge is -2.16. The molecule has 2 aromatic rings. The zero-order valence-electron chi connectivity index (χ0n) is 12.4. The second-order valence-electron chi connectivity index (χ2n) is 5.88. The van der Waals surface area contributed by atoms with Crippen LogP contribution in [0.2, 0.25) is 0 Å². The van der Waals surface area contributed by atoms with Crippen LogP contribution in [0.4, 0.5) is 4.39 Å². The molecule has 108 valence electrons. The average molecular weight is 275 g/mol. The van der Waals surface area contributed by atoms with E-state index in [2.05, 4.69) is 25.4 Å². The van der Waals surface area contributed by atoms with Gasteiger partial charge in [0.25, 0.3) is 0 Å². The first-order chi connectivity index (χ1) is 9.38. The molecule has 1 heterocycles. The van der Waals surface area contributed by atoms with Crippen molar-refractivity contribution in [3.63, 3.8) is 0 Å². The Hall–Kier alpha value is -1.68. The van der Waals surface area contributed by atoms with Gasteiger partial charge in [-0.3, -0.25) is 0 Å². The molecule has 0 radical (unpaired) electrons. The fraction of sp³-hybridized carbons (Fsp3) is 0.438. The first-order valence-corrected chi connectivity index (χ1v) is 6.94. The van der Waals surface area contributed by atoms with Gasteiger partial charge >= 0.3 is 0 Å². The molecular formula is C16H22FN3. The van der Waals surface area contributed by atoms with Gasteiger partial charge in [0.1, 0.15) is 11.6 Å². The van der Waals surface area contributed by atoms with Crippen LogP contribution >= 0.6 is 0 Å². The number of rotatable bonds is 5. The topological polar surface area (TPSA) is 43.8 Å². The Morgan fingerprint density at radius 2 is 2.15 bits per heavy atom. The summed E-state index contributed by atoms with van der Waals surface area (Å²) >= 11 is 0. The zero-order valence-corrected chi connectivity index (χ0v) is 12.4. The van der Waals surface area contributed by atoms with Gasteiger partial charge in [0.2, 0.25) is 0 Å². The molecule has 0 saturated heterocycles. The number of imidazole rings is 1. The summed E-state index contributed by atoms with van der Waals surface area (Å²) in [6.45, 7) is 10.8. The summed E-state index contributed by atoms with van der Waals surface area (Å²) < 4.78 is 15.4. The lowest BCUT2D eigenvalue weighted by Crippen LogP contribution is -2.19. The molecule has 2 rings (SSSR count). The van der Waals surface area contributed by atoms with Crippen molar-refractivity contribution in [3.05, 3.63) is 42.0 Å². The SMILES string of the molecule is C=C(C)Cn1c(C(N)CC(C)C)nc2cc(F)ccc21. The predicted octanol–water partition coefficient (Wildman–Crippen LogP) is 3.80. The van der Waals surface area contributed by atoms with Gasteiger partial charge in [0, 0.05) is 12.6 Å². The first kappa shape index (κ1) is 14.7. The van der Waals surface area contributed by atoms with Gasteiger partial charge in [-0.15, -0.1) is 0 Å². The maximum absolute atomic E-state index is 13.4. The smallest absolute Gasteiger partial charge is 0.127 e. The van der Waals surface area contributed by atoms with Gasteiger partial charge in [-0.1, -0.05) is 26.0 Å². The Labute approximate surface area is 119 Å². The molecule has 2 N–H and O–H groups in total. The highest BCUT2D eigenvalue weighted by molar-refractivity contribution is 5.76. The molecule has 0 amide bonds. The van der Waals surface area contributed by atoms with E-state index in [1.165, 1.54) is 12.1 Å². The van der Waals surface area contributed by atoms with E-state index in [4.69, 9.17) is 5.73 Å². The molecule has 0 saturated carbocycles. The van der Waals surface area contributed by atoms with E-state index in [9.17, 15) is 4.39 Å². The molecule has 4 heteroatoms. The monoisotopic (exact) mass is 275 g/mol. The van der Waals surface area contributed by atoms with Gasteiger partial charge in [0.05, 0.1) is 17.1 Å². The van der Waals surface area contributed by atoms with Crippen LogP contribution in [0.3, 0.4) is 0 Å². The quantitative estimate of drug-likeness (QED) is 0.843. The summed E-state index contributed by atoms with van der Waals surface area (Å²) in [6.07, 6.45) is 0.849. The number of nitrogens with two attached hydrogens (primary N) is 1. The number of nitrogens with zero attached hydrogens (tertiary/aromatic N) is 2. The summed E-state index contributed by atoms with van der Waals surface area (Å²) in [5.74, 6) is 1.02. The van der Waals surface area contributed by atoms with E-state index in [1.54, 1.807) is 6.07 Å². The second-order valence-corrected chi connectivity index (χ2v) is 5.88. The van der Waals surface area contributed by atoms with E-state index in [0.717, 1.165) is 23.3 Å². The van der Waals surface area contributed by atoms with Crippen molar-refractivity contribution in [2.45, 2.75) is 39.8 Å². The van der Waals surface area contributed by atoms with E-state index in [-0.39, 0.29) is 11.9 Å². The van der Waals surface area contributed by atoms with E-state index < -0.39 is 0 Å². The molecular weight excluding hydrogens is 253 g/mol. The van der Waals surface area contributed by atoms with Crippen molar-refractivity contribution in [1.29, 1.82) is 0 Å². The van der Waals surface area contributed by atoms with Gasteiger partial charge in [-0.05, 0) is 31.4 Å². The summed E-state index contributed by atoms with van der Waals surface area (Å²) in [4.78, 5) is 4.54. The summed E-state index contributed by atoms with van der Waals surface area (Å²) in [6, 6.07) is 4.52. The Balaban J connectivity index is 2.53. The number of allylic oxidation sites excluding steroid dienone is 1. The Morgan fingerprint density at radius 1 is 1.45 bits per heavy atom. The Bertz CT molecular complexity index is 628. The molecule has 1 atom stereocenters. The summed E-state index contributed by atoms with van der Waals surface area (Å²) in [7, 11) is 0. The lowest BCUT2D eigenvalue weighted by atomic mass is 10.0. The molecule has 0 aliphatic heterocycles. The van der Waals surface area contributed by atoms with Gasteiger partial charge < -0.3 is 10.3 Å². The van der Waals surface area contributed by atoms with Crippen LogP contribution in [0, 0.1) is 11.7 Å². The van der Waals surface area contributed by atoms with Crippen LogP contribution in [0.1, 0.15) is 39.1 Å². The van der Waals surface area contributed by atoms with E-state index >= 15 is 0 Å². The highest BCUT2D eigenvalue weighted by Gasteiger charge is 2.18. The van der Waals surface area contributed by atoms with Crippen molar-refractivity contribution in [2.24, 2.45) is 11.7 Å². The van der Waals surface area contributed by atoms with Crippen molar-refractivity contribution < 1.29 is 4.39 Å². The number of halogens is 1. The van der Waals surface area contributed by atoms with E-state index in [0.29, 0.717) is 18.0 Å². The van der Waals surface area contributed by atoms with Gasteiger partial charge in [-0.2, -0.15) is 0 Å². The third-order valence-electron chi connectivity index (χ3n) is 3.22. The molecule has 0 bridgehead atoms. The zero-order chi connectivity index (χ0) is 14.9. The highest BCUT2D eigenvalue weighted by Crippen LogP contribution is 2.25. The third kappa shape index (κ3) is 3.07.